The minimum atomic E-state index is -0.175. The summed E-state index contributed by atoms with van der Waals surface area (Å²) in [5, 5.41) is 2.90. The zero-order valence-corrected chi connectivity index (χ0v) is 15.2. The fourth-order valence-electron chi connectivity index (χ4n) is 2.19. The highest BCUT2D eigenvalue weighted by molar-refractivity contribution is 7.98. The molecule has 0 bridgehead atoms. The molecule has 0 unspecified atom stereocenters. The number of hydrogen-bond acceptors (Lipinski definition) is 4. The summed E-state index contributed by atoms with van der Waals surface area (Å²) < 4.78 is 6.14. The van der Waals surface area contributed by atoms with E-state index in [0.717, 1.165) is 21.2 Å². The van der Waals surface area contributed by atoms with E-state index >= 15 is 0 Å². The Kier molecular flexibility index (Phi) is 6.01. The van der Waals surface area contributed by atoms with Gasteiger partial charge in [0.15, 0.2) is 5.76 Å². The van der Waals surface area contributed by atoms with Crippen LogP contribution in [0.4, 0.5) is 0 Å². The molecule has 3 aromatic rings. The van der Waals surface area contributed by atoms with Crippen LogP contribution >= 0.6 is 34.7 Å². The standard InChI is InChI=1S/C18H16ClNO2S2/c19-16-7-6-15(24-16)8-10-20-18(21)17-13(9-11-22-17)12-23-14-4-2-1-3-5-14/h1-7,9,11H,8,10,12H2,(H,20,21). The Hall–Kier alpha value is -1.69. The molecule has 0 saturated carbocycles. The smallest absolute Gasteiger partial charge is 0.287 e. The van der Waals surface area contributed by atoms with E-state index in [1.54, 1.807) is 18.0 Å². The normalized spacial score (nSPS) is 10.7. The van der Waals surface area contributed by atoms with Crippen LogP contribution in [-0.2, 0) is 12.2 Å². The van der Waals surface area contributed by atoms with Crippen LogP contribution in [0.25, 0.3) is 0 Å². The monoisotopic (exact) mass is 377 g/mol. The van der Waals surface area contributed by atoms with Crippen LogP contribution in [0, 0.1) is 0 Å². The highest BCUT2D eigenvalue weighted by Crippen LogP contribution is 2.25. The molecule has 6 heteroatoms. The van der Waals surface area contributed by atoms with Crippen LogP contribution in [0.1, 0.15) is 21.0 Å². The summed E-state index contributed by atoms with van der Waals surface area (Å²) in [5.74, 6) is 0.915. The van der Waals surface area contributed by atoms with Gasteiger partial charge in [0.1, 0.15) is 0 Å². The van der Waals surface area contributed by atoms with E-state index in [1.165, 1.54) is 16.2 Å². The Balaban J connectivity index is 1.52. The molecule has 1 aromatic carbocycles. The van der Waals surface area contributed by atoms with Gasteiger partial charge in [-0.1, -0.05) is 29.8 Å². The van der Waals surface area contributed by atoms with Gasteiger partial charge in [-0.05, 0) is 36.8 Å². The molecule has 0 aliphatic heterocycles. The third-order valence-corrected chi connectivity index (χ3v) is 5.73. The maximum atomic E-state index is 12.3. The van der Waals surface area contributed by atoms with Gasteiger partial charge in [-0.3, -0.25) is 4.79 Å². The maximum absolute atomic E-state index is 12.3. The van der Waals surface area contributed by atoms with Crippen LogP contribution in [-0.4, -0.2) is 12.5 Å². The van der Waals surface area contributed by atoms with E-state index in [1.807, 2.05) is 36.4 Å². The molecule has 2 heterocycles. The van der Waals surface area contributed by atoms with Crippen molar-refractivity contribution in [2.24, 2.45) is 0 Å². The van der Waals surface area contributed by atoms with Crippen LogP contribution in [0.2, 0.25) is 4.34 Å². The number of furan rings is 1. The molecule has 0 saturated heterocycles. The van der Waals surface area contributed by atoms with Gasteiger partial charge in [0.25, 0.3) is 5.91 Å². The molecule has 0 aliphatic carbocycles. The number of benzene rings is 1. The van der Waals surface area contributed by atoms with Gasteiger partial charge in [0.2, 0.25) is 0 Å². The summed E-state index contributed by atoms with van der Waals surface area (Å²) in [5.41, 5.74) is 0.903. The summed E-state index contributed by atoms with van der Waals surface area (Å²) in [6, 6.07) is 15.8. The predicted molar refractivity (Wildman–Crippen MR) is 100 cm³/mol. The third-order valence-electron chi connectivity index (χ3n) is 3.38. The second-order valence-corrected chi connectivity index (χ2v) is 7.94. The lowest BCUT2D eigenvalue weighted by molar-refractivity contribution is 0.0925. The number of carbonyl (C=O) groups excluding carboxylic acids is 1. The van der Waals surface area contributed by atoms with Crippen molar-refractivity contribution in [3.8, 4) is 0 Å². The average molecular weight is 378 g/mol. The van der Waals surface area contributed by atoms with E-state index in [0.29, 0.717) is 18.1 Å². The molecular formula is C18H16ClNO2S2. The number of thiophene rings is 1. The Morgan fingerprint density at radius 3 is 2.75 bits per heavy atom. The van der Waals surface area contributed by atoms with E-state index in [2.05, 4.69) is 17.4 Å². The van der Waals surface area contributed by atoms with Crippen LogP contribution < -0.4 is 5.32 Å². The maximum Gasteiger partial charge on any atom is 0.287 e. The van der Waals surface area contributed by atoms with Gasteiger partial charge in [0.05, 0.1) is 10.6 Å². The molecule has 0 atom stereocenters. The number of carbonyl (C=O) groups is 1. The fourth-order valence-corrected chi connectivity index (χ4v) is 4.18. The largest absolute Gasteiger partial charge is 0.459 e. The number of thioether (sulfide) groups is 1. The molecule has 0 radical (unpaired) electrons. The Morgan fingerprint density at radius 1 is 1.17 bits per heavy atom. The van der Waals surface area contributed by atoms with Gasteiger partial charge in [-0.25, -0.2) is 0 Å². The summed E-state index contributed by atoms with van der Waals surface area (Å²) in [7, 11) is 0. The van der Waals surface area contributed by atoms with Gasteiger partial charge in [-0.2, -0.15) is 0 Å². The Bertz CT molecular complexity index is 798. The van der Waals surface area contributed by atoms with Crippen molar-refractivity contribution in [1.82, 2.24) is 5.32 Å². The predicted octanol–water partition coefficient (Wildman–Crippen LogP) is 5.26. The molecule has 2 aromatic heterocycles. The minimum Gasteiger partial charge on any atom is -0.459 e. The van der Waals surface area contributed by atoms with E-state index in [9.17, 15) is 4.79 Å². The lowest BCUT2D eigenvalue weighted by atomic mass is 10.2. The van der Waals surface area contributed by atoms with Gasteiger partial charge < -0.3 is 9.73 Å². The van der Waals surface area contributed by atoms with Gasteiger partial charge in [0, 0.05) is 27.6 Å². The summed E-state index contributed by atoms with van der Waals surface area (Å²) in [6.45, 7) is 0.557. The van der Waals surface area contributed by atoms with Crippen molar-refractivity contribution in [3.05, 3.63) is 75.3 Å². The molecule has 0 aliphatic rings. The number of hydrogen-bond donors (Lipinski definition) is 1. The van der Waals surface area contributed by atoms with Crippen LogP contribution in [0.15, 0.2) is 64.1 Å². The number of nitrogens with one attached hydrogen (secondary N) is 1. The van der Waals surface area contributed by atoms with Crippen molar-refractivity contribution in [1.29, 1.82) is 0 Å². The van der Waals surface area contributed by atoms with Crippen molar-refractivity contribution in [2.45, 2.75) is 17.1 Å². The lowest BCUT2D eigenvalue weighted by Crippen LogP contribution is -2.25. The van der Waals surface area contributed by atoms with Crippen molar-refractivity contribution < 1.29 is 9.21 Å². The van der Waals surface area contributed by atoms with Crippen molar-refractivity contribution in [3.63, 3.8) is 0 Å². The molecule has 0 spiro atoms. The minimum absolute atomic E-state index is 0.175. The first kappa shape index (κ1) is 17.1. The first-order chi connectivity index (χ1) is 11.7. The SMILES string of the molecule is O=C(NCCc1ccc(Cl)s1)c1occc1CSc1ccccc1. The number of rotatable bonds is 7. The summed E-state index contributed by atoms with van der Waals surface area (Å²) >= 11 is 9.12. The second kappa shape index (κ2) is 8.42. The Labute approximate surface area is 154 Å². The molecular weight excluding hydrogens is 362 g/mol. The van der Waals surface area contributed by atoms with Crippen molar-refractivity contribution >= 4 is 40.6 Å². The highest BCUT2D eigenvalue weighted by atomic mass is 35.5. The molecule has 3 nitrogen and oxygen atoms in total. The molecule has 1 N–H and O–H groups in total. The fraction of sp³-hybridized carbons (Fsp3) is 0.167. The van der Waals surface area contributed by atoms with Gasteiger partial charge >= 0.3 is 0 Å². The summed E-state index contributed by atoms with van der Waals surface area (Å²) in [6.07, 6.45) is 2.33. The Morgan fingerprint density at radius 2 is 2.00 bits per heavy atom. The zero-order valence-electron chi connectivity index (χ0n) is 12.8. The van der Waals surface area contributed by atoms with Crippen LogP contribution in [0.5, 0.6) is 0 Å². The number of halogens is 1. The van der Waals surface area contributed by atoms with E-state index < -0.39 is 0 Å². The first-order valence-corrected chi connectivity index (χ1v) is 9.67. The second-order valence-electron chi connectivity index (χ2n) is 5.09. The molecule has 3 rings (SSSR count). The quantitative estimate of drug-likeness (QED) is 0.571. The molecule has 0 fully saturated rings. The molecule has 124 valence electrons. The lowest BCUT2D eigenvalue weighted by Gasteiger charge is -2.05. The van der Waals surface area contributed by atoms with Crippen LogP contribution in [0.3, 0.4) is 0 Å². The molecule has 24 heavy (non-hydrogen) atoms. The number of amides is 1. The topological polar surface area (TPSA) is 42.2 Å². The van der Waals surface area contributed by atoms with E-state index in [4.69, 9.17) is 16.0 Å². The first-order valence-electron chi connectivity index (χ1n) is 7.49. The molecule has 1 amide bonds. The highest BCUT2D eigenvalue weighted by Gasteiger charge is 2.15. The zero-order chi connectivity index (χ0) is 16.8. The van der Waals surface area contributed by atoms with Gasteiger partial charge in [-0.15, -0.1) is 23.1 Å². The average Bonchev–Trinajstić information content (AvgIpc) is 3.23. The van der Waals surface area contributed by atoms with E-state index in [-0.39, 0.29) is 5.91 Å². The van der Waals surface area contributed by atoms with Crippen molar-refractivity contribution in [2.75, 3.05) is 6.54 Å². The summed E-state index contributed by atoms with van der Waals surface area (Å²) in [4.78, 5) is 14.6. The third kappa shape index (κ3) is 4.66.